The van der Waals surface area contributed by atoms with Gasteiger partial charge in [-0.05, 0) is 27.7 Å². The summed E-state index contributed by atoms with van der Waals surface area (Å²) in [5.41, 5.74) is 0. The fourth-order valence-electron chi connectivity index (χ4n) is 3.50. The SMILES string of the molecule is CN(C)C(=O)[C@@H](O)[C@H]1O[C@H]([C@H]2COC(C)(C)O2)[C@@H]2OC(C)(C)O[C@@H]21. The van der Waals surface area contributed by atoms with Crippen molar-refractivity contribution in [1.29, 1.82) is 0 Å². The van der Waals surface area contributed by atoms with Gasteiger partial charge in [0.25, 0.3) is 5.91 Å². The van der Waals surface area contributed by atoms with E-state index in [9.17, 15) is 9.90 Å². The van der Waals surface area contributed by atoms with Gasteiger partial charge >= 0.3 is 0 Å². The highest BCUT2D eigenvalue weighted by Crippen LogP contribution is 2.43. The number of hydrogen-bond donors (Lipinski definition) is 1. The summed E-state index contributed by atoms with van der Waals surface area (Å²) in [5, 5.41) is 10.4. The Morgan fingerprint density at radius 2 is 1.67 bits per heavy atom. The summed E-state index contributed by atoms with van der Waals surface area (Å²) in [5.74, 6) is -1.95. The number of hydrogen-bond acceptors (Lipinski definition) is 7. The smallest absolute Gasteiger partial charge is 0.253 e. The average Bonchev–Trinajstić information content (AvgIpc) is 3.07. The molecule has 3 heterocycles. The third-order valence-electron chi connectivity index (χ3n) is 4.53. The lowest BCUT2D eigenvalue weighted by molar-refractivity contribution is -0.216. The Bertz CT molecular complexity index is 507. The number of aliphatic hydroxyl groups is 1. The molecule has 3 fully saturated rings. The van der Waals surface area contributed by atoms with Crippen LogP contribution in [-0.4, -0.2) is 84.8 Å². The highest BCUT2D eigenvalue weighted by molar-refractivity contribution is 5.81. The van der Waals surface area contributed by atoms with E-state index < -0.39 is 48.0 Å². The largest absolute Gasteiger partial charge is 0.380 e. The van der Waals surface area contributed by atoms with E-state index in [0.717, 1.165) is 0 Å². The van der Waals surface area contributed by atoms with Crippen LogP contribution in [0.4, 0.5) is 0 Å². The third-order valence-corrected chi connectivity index (χ3v) is 4.53. The molecule has 1 N–H and O–H groups in total. The Hall–Kier alpha value is -0.770. The quantitative estimate of drug-likeness (QED) is 0.763. The Kier molecular flexibility index (Phi) is 4.43. The van der Waals surface area contributed by atoms with Gasteiger partial charge < -0.3 is 33.7 Å². The number of carbonyl (C=O) groups is 1. The maximum atomic E-state index is 12.2. The Morgan fingerprint density at radius 1 is 1.04 bits per heavy atom. The van der Waals surface area contributed by atoms with Crippen molar-refractivity contribution >= 4 is 5.91 Å². The predicted molar refractivity (Wildman–Crippen MR) is 82.1 cm³/mol. The average molecular weight is 345 g/mol. The maximum absolute atomic E-state index is 12.2. The van der Waals surface area contributed by atoms with Crippen LogP contribution in [0.3, 0.4) is 0 Å². The minimum absolute atomic E-state index is 0.350. The molecule has 8 nitrogen and oxygen atoms in total. The summed E-state index contributed by atoms with van der Waals surface area (Å²) in [6.07, 6.45) is -3.95. The van der Waals surface area contributed by atoms with Gasteiger partial charge in [-0.15, -0.1) is 0 Å². The van der Waals surface area contributed by atoms with E-state index in [0.29, 0.717) is 6.61 Å². The van der Waals surface area contributed by atoms with E-state index in [2.05, 4.69) is 0 Å². The van der Waals surface area contributed by atoms with Crippen LogP contribution in [-0.2, 0) is 28.5 Å². The monoisotopic (exact) mass is 345 g/mol. The molecule has 3 aliphatic heterocycles. The molecule has 0 aromatic carbocycles. The molecule has 3 aliphatic rings. The number of likely N-dealkylation sites (N-methyl/N-ethyl adjacent to an activating group) is 1. The van der Waals surface area contributed by atoms with Crippen LogP contribution in [0.1, 0.15) is 27.7 Å². The molecule has 0 aromatic heterocycles. The molecule has 0 unspecified atom stereocenters. The third kappa shape index (κ3) is 3.18. The lowest BCUT2D eigenvalue weighted by Crippen LogP contribution is -2.47. The van der Waals surface area contributed by atoms with E-state index in [1.165, 1.54) is 4.90 Å². The van der Waals surface area contributed by atoms with Crippen molar-refractivity contribution in [3.63, 3.8) is 0 Å². The first kappa shape index (κ1) is 18.0. The van der Waals surface area contributed by atoms with Gasteiger partial charge in [0.1, 0.15) is 30.5 Å². The summed E-state index contributed by atoms with van der Waals surface area (Å²) in [6.45, 7) is 7.62. The van der Waals surface area contributed by atoms with Crippen molar-refractivity contribution in [1.82, 2.24) is 4.90 Å². The van der Waals surface area contributed by atoms with Gasteiger partial charge in [0.15, 0.2) is 17.7 Å². The number of rotatable bonds is 3. The van der Waals surface area contributed by atoms with E-state index in [1.807, 2.05) is 13.8 Å². The van der Waals surface area contributed by atoms with Crippen molar-refractivity contribution in [3.05, 3.63) is 0 Å². The van der Waals surface area contributed by atoms with Crippen molar-refractivity contribution in [3.8, 4) is 0 Å². The van der Waals surface area contributed by atoms with Crippen molar-refractivity contribution < 1.29 is 33.6 Å². The van der Waals surface area contributed by atoms with Gasteiger partial charge in [0, 0.05) is 14.1 Å². The standard InChI is InChI=1S/C16H27NO7/c1-15(2)20-7-8(22-15)10-12-13(24-16(3,4)23-12)11(21-10)9(18)14(19)17(5)6/h8-13,18H,7H2,1-6H3/t8-,9+,10-,11-,12+,13-/m1/s1. The van der Waals surface area contributed by atoms with Gasteiger partial charge in [-0.3, -0.25) is 4.79 Å². The first-order chi connectivity index (χ1) is 11.0. The van der Waals surface area contributed by atoms with Crippen molar-refractivity contribution in [2.45, 2.75) is 75.9 Å². The predicted octanol–water partition coefficient (Wildman–Crippen LogP) is -0.125. The second kappa shape index (κ2) is 5.89. The fourth-order valence-corrected chi connectivity index (χ4v) is 3.50. The van der Waals surface area contributed by atoms with Gasteiger partial charge in [-0.1, -0.05) is 0 Å². The topological polar surface area (TPSA) is 86.7 Å². The van der Waals surface area contributed by atoms with Crippen LogP contribution < -0.4 is 0 Å². The Balaban J connectivity index is 1.81. The van der Waals surface area contributed by atoms with E-state index >= 15 is 0 Å². The van der Waals surface area contributed by atoms with E-state index in [1.54, 1.807) is 27.9 Å². The number of nitrogens with zero attached hydrogens (tertiary/aromatic N) is 1. The number of carbonyl (C=O) groups excluding carboxylic acids is 1. The molecule has 0 saturated carbocycles. The molecule has 8 heteroatoms. The maximum Gasteiger partial charge on any atom is 0.253 e. The summed E-state index contributed by atoms with van der Waals surface area (Å²) in [4.78, 5) is 13.5. The Morgan fingerprint density at radius 3 is 2.21 bits per heavy atom. The molecular formula is C16H27NO7. The highest BCUT2D eigenvalue weighted by Gasteiger charge is 2.61. The normalized spacial score (nSPS) is 41.2. The first-order valence-electron chi connectivity index (χ1n) is 8.23. The second-order valence-electron chi connectivity index (χ2n) is 7.67. The lowest BCUT2D eigenvalue weighted by atomic mass is 10.0. The Labute approximate surface area is 141 Å². The lowest BCUT2D eigenvalue weighted by Gasteiger charge is -2.28. The van der Waals surface area contributed by atoms with Crippen LogP contribution in [0, 0.1) is 0 Å². The van der Waals surface area contributed by atoms with Crippen LogP contribution in [0.2, 0.25) is 0 Å². The molecule has 138 valence electrons. The zero-order chi connectivity index (χ0) is 17.9. The van der Waals surface area contributed by atoms with E-state index in [4.69, 9.17) is 23.7 Å². The molecule has 0 aliphatic carbocycles. The molecule has 0 spiro atoms. The zero-order valence-corrected chi connectivity index (χ0v) is 15.0. The van der Waals surface area contributed by atoms with Crippen LogP contribution in [0.5, 0.6) is 0 Å². The molecule has 3 saturated heterocycles. The summed E-state index contributed by atoms with van der Waals surface area (Å²) < 4.78 is 29.3. The van der Waals surface area contributed by atoms with Gasteiger partial charge in [0.2, 0.25) is 0 Å². The van der Waals surface area contributed by atoms with Gasteiger partial charge in [-0.2, -0.15) is 0 Å². The van der Waals surface area contributed by atoms with E-state index in [-0.39, 0.29) is 6.10 Å². The molecule has 0 bridgehead atoms. The number of aliphatic hydroxyl groups excluding tert-OH is 1. The molecule has 0 radical (unpaired) electrons. The number of amides is 1. The van der Waals surface area contributed by atoms with Crippen molar-refractivity contribution in [2.24, 2.45) is 0 Å². The number of ether oxygens (including phenoxy) is 5. The molecule has 3 rings (SSSR count). The molecule has 24 heavy (non-hydrogen) atoms. The summed E-state index contributed by atoms with van der Waals surface area (Å²) >= 11 is 0. The van der Waals surface area contributed by atoms with Crippen LogP contribution >= 0.6 is 0 Å². The molecule has 1 amide bonds. The summed E-state index contributed by atoms with van der Waals surface area (Å²) in [6, 6.07) is 0. The minimum atomic E-state index is -1.33. The minimum Gasteiger partial charge on any atom is -0.380 e. The molecule has 0 aromatic rings. The first-order valence-corrected chi connectivity index (χ1v) is 8.23. The second-order valence-corrected chi connectivity index (χ2v) is 7.67. The molecular weight excluding hydrogens is 318 g/mol. The van der Waals surface area contributed by atoms with Crippen LogP contribution in [0.15, 0.2) is 0 Å². The van der Waals surface area contributed by atoms with Crippen molar-refractivity contribution in [2.75, 3.05) is 20.7 Å². The zero-order valence-electron chi connectivity index (χ0n) is 15.0. The highest BCUT2D eigenvalue weighted by atomic mass is 16.8. The summed E-state index contributed by atoms with van der Waals surface area (Å²) in [7, 11) is 3.17. The van der Waals surface area contributed by atoms with Crippen LogP contribution in [0.25, 0.3) is 0 Å². The van der Waals surface area contributed by atoms with Gasteiger partial charge in [-0.25, -0.2) is 0 Å². The fraction of sp³-hybridized carbons (Fsp3) is 0.938. The van der Waals surface area contributed by atoms with Gasteiger partial charge in [0.05, 0.1) is 6.61 Å². The molecule has 6 atom stereocenters. The number of fused-ring (bicyclic) bond motifs is 1.